The van der Waals surface area contributed by atoms with Crippen LogP contribution in [-0.4, -0.2) is 56.5 Å². The van der Waals surface area contributed by atoms with E-state index in [0.717, 1.165) is 12.1 Å². The molecule has 1 atom stereocenters. The fraction of sp³-hybridized carbons (Fsp3) is 0.556. The highest BCUT2D eigenvalue weighted by atomic mass is 32.2. The van der Waals surface area contributed by atoms with Crippen LogP contribution in [0.2, 0.25) is 0 Å². The van der Waals surface area contributed by atoms with Crippen molar-refractivity contribution in [2.45, 2.75) is 42.4 Å². The summed E-state index contributed by atoms with van der Waals surface area (Å²) in [5.41, 5.74) is -5.06. The molecule has 29 heavy (non-hydrogen) atoms. The fourth-order valence-electron chi connectivity index (χ4n) is 3.13. The zero-order chi connectivity index (χ0) is 21.2. The number of hydrogen-bond acceptors (Lipinski definition) is 6. The second-order valence-electron chi connectivity index (χ2n) is 7.12. The number of alkyl halides is 3. The molecule has 11 heteroatoms. The van der Waals surface area contributed by atoms with Gasteiger partial charge in [-0.1, -0.05) is 12.1 Å². The van der Waals surface area contributed by atoms with Gasteiger partial charge in [0.1, 0.15) is 0 Å². The van der Waals surface area contributed by atoms with Gasteiger partial charge in [-0.05, 0) is 24.1 Å². The van der Waals surface area contributed by atoms with Crippen molar-refractivity contribution in [3.8, 4) is 0 Å². The summed E-state index contributed by atoms with van der Waals surface area (Å²) in [6.07, 6.45) is 0.957. The van der Waals surface area contributed by atoms with Gasteiger partial charge < -0.3 is 14.4 Å². The summed E-state index contributed by atoms with van der Waals surface area (Å²) in [4.78, 5) is 23.9. The van der Waals surface area contributed by atoms with Crippen molar-refractivity contribution in [1.82, 2.24) is 4.90 Å². The first-order valence-electron chi connectivity index (χ1n) is 9.01. The lowest BCUT2D eigenvalue weighted by Gasteiger charge is -2.39. The topological polar surface area (TPSA) is 90.0 Å². The highest BCUT2D eigenvalue weighted by molar-refractivity contribution is 7.92. The highest BCUT2D eigenvalue weighted by Crippen LogP contribution is 2.30. The molecule has 2 heterocycles. The van der Waals surface area contributed by atoms with Crippen molar-refractivity contribution < 1.29 is 40.7 Å². The van der Waals surface area contributed by atoms with E-state index < -0.39 is 20.2 Å². The molecule has 1 aromatic rings. The van der Waals surface area contributed by atoms with Crippen LogP contribution in [0.4, 0.5) is 13.2 Å². The number of benzene rings is 1. The molecule has 2 fully saturated rings. The summed E-state index contributed by atoms with van der Waals surface area (Å²) in [5.74, 6) is -0.227. The van der Waals surface area contributed by atoms with Gasteiger partial charge in [-0.25, -0.2) is 8.42 Å². The average Bonchev–Trinajstić information content (AvgIpc) is 3.03. The molecule has 2 aliphatic rings. The number of carbonyl (C=O) groups is 2. The standard InChI is InChI=1S/C18H20F3NO6S/c19-18(20,21)29(25,26)15-3-1-2-12(6-15)10-27-14-8-22(9-14)16(23)5-4-13-7-17(24)28-11-13/h1-3,6,13-14H,4-5,7-11H2/t13-/m0/s1. The van der Waals surface area contributed by atoms with Gasteiger partial charge in [0.15, 0.2) is 0 Å². The number of nitrogens with zero attached hydrogens (tertiary/aromatic N) is 1. The number of cyclic esters (lactones) is 1. The van der Waals surface area contributed by atoms with E-state index in [9.17, 15) is 31.2 Å². The van der Waals surface area contributed by atoms with Crippen molar-refractivity contribution in [3.05, 3.63) is 29.8 Å². The first kappa shape index (κ1) is 21.6. The van der Waals surface area contributed by atoms with Gasteiger partial charge in [0.2, 0.25) is 5.91 Å². The zero-order valence-corrected chi connectivity index (χ0v) is 16.2. The highest BCUT2D eigenvalue weighted by Gasteiger charge is 2.46. The second-order valence-corrected chi connectivity index (χ2v) is 9.06. The Hall–Kier alpha value is -2.14. The van der Waals surface area contributed by atoms with E-state index in [0.29, 0.717) is 44.5 Å². The molecular formula is C18H20F3NO6S. The smallest absolute Gasteiger partial charge is 0.465 e. The zero-order valence-electron chi connectivity index (χ0n) is 15.4. The Morgan fingerprint density at radius 2 is 2.00 bits per heavy atom. The van der Waals surface area contributed by atoms with Crippen LogP contribution >= 0.6 is 0 Å². The third-order valence-electron chi connectivity index (χ3n) is 4.90. The maximum absolute atomic E-state index is 12.6. The molecule has 1 amide bonds. The van der Waals surface area contributed by atoms with Crippen LogP contribution in [0.1, 0.15) is 24.8 Å². The Morgan fingerprint density at radius 3 is 2.62 bits per heavy atom. The molecule has 0 aromatic heterocycles. The van der Waals surface area contributed by atoms with Crippen molar-refractivity contribution in [2.24, 2.45) is 5.92 Å². The van der Waals surface area contributed by atoms with E-state index in [1.54, 1.807) is 4.90 Å². The molecule has 0 saturated carbocycles. The lowest BCUT2D eigenvalue weighted by atomic mass is 10.0. The van der Waals surface area contributed by atoms with Crippen molar-refractivity contribution in [2.75, 3.05) is 19.7 Å². The van der Waals surface area contributed by atoms with E-state index in [-0.39, 0.29) is 30.5 Å². The Kier molecular flexibility index (Phi) is 6.18. The second kappa shape index (κ2) is 8.31. The lowest BCUT2D eigenvalue weighted by Crippen LogP contribution is -2.54. The van der Waals surface area contributed by atoms with Gasteiger partial charge in [0.25, 0.3) is 9.84 Å². The van der Waals surface area contributed by atoms with Crippen LogP contribution in [0.15, 0.2) is 29.2 Å². The van der Waals surface area contributed by atoms with Crippen molar-refractivity contribution in [1.29, 1.82) is 0 Å². The minimum Gasteiger partial charge on any atom is -0.465 e. The maximum Gasteiger partial charge on any atom is 0.501 e. The van der Waals surface area contributed by atoms with Gasteiger partial charge in [-0.2, -0.15) is 13.2 Å². The monoisotopic (exact) mass is 435 g/mol. The average molecular weight is 435 g/mol. The minimum atomic E-state index is -5.40. The van der Waals surface area contributed by atoms with Crippen LogP contribution in [0.3, 0.4) is 0 Å². The van der Waals surface area contributed by atoms with Gasteiger partial charge in [-0.3, -0.25) is 9.59 Å². The Labute approximate surface area is 165 Å². The van der Waals surface area contributed by atoms with Gasteiger partial charge in [-0.15, -0.1) is 0 Å². The molecule has 0 unspecified atom stereocenters. The summed E-state index contributed by atoms with van der Waals surface area (Å²) in [6.45, 7) is 1.01. The molecular weight excluding hydrogens is 415 g/mol. The summed E-state index contributed by atoms with van der Waals surface area (Å²) < 4.78 is 71.3. The van der Waals surface area contributed by atoms with Crippen molar-refractivity contribution in [3.63, 3.8) is 0 Å². The largest absolute Gasteiger partial charge is 0.501 e. The molecule has 1 aromatic carbocycles. The number of carbonyl (C=O) groups excluding carboxylic acids is 2. The van der Waals surface area contributed by atoms with E-state index >= 15 is 0 Å². The molecule has 0 radical (unpaired) electrons. The number of hydrogen-bond donors (Lipinski definition) is 0. The molecule has 2 saturated heterocycles. The SMILES string of the molecule is O=C1C[C@H](CCC(=O)N2CC(OCc3cccc(S(=O)(=O)C(F)(F)F)c3)C2)CO1. The summed E-state index contributed by atoms with van der Waals surface area (Å²) in [7, 11) is -5.40. The van der Waals surface area contributed by atoms with E-state index in [1.807, 2.05) is 0 Å². The predicted octanol–water partition coefficient (Wildman–Crippen LogP) is 2.05. The normalized spacial score (nSPS) is 20.4. The van der Waals surface area contributed by atoms with Crippen LogP contribution < -0.4 is 0 Å². The first-order valence-corrected chi connectivity index (χ1v) is 10.5. The minimum absolute atomic E-state index is 0.0533. The predicted molar refractivity (Wildman–Crippen MR) is 93.1 cm³/mol. The summed E-state index contributed by atoms with van der Waals surface area (Å²) in [6, 6.07) is 4.53. The van der Waals surface area contributed by atoms with Gasteiger partial charge >= 0.3 is 11.5 Å². The van der Waals surface area contributed by atoms with E-state index in [2.05, 4.69) is 0 Å². The quantitative estimate of drug-likeness (QED) is 0.609. The van der Waals surface area contributed by atoms with E-state index in [4.69, 9.17) is 9.47 Å². The number of rotatable bonds is 7. The molecule has 2 aliphatic heterocycles. The van der Waals surface area contributed by atoms with Crippen LogP contribution in [-0.2, 0) is 35.5 Å². The van der Waals surface area contributed by atoms with Crippen LogP contribution in [0.25, 0.3) is 0 Å². The number of amides is 1. The summed E-state index contributed by atoms with van der Waals surface area (Å²) in [5, 5.41) is 0. The number of ether oxygens (including phenoxy) is 2. The maximum atomic E-state index is 12.6. The van der Waals surface area contributed by atoms with Gasteiger partial charge in [0.05, 0.1) is 30.6 Å². The molecule has 0 aliphatic carbocycles. The molecule has 0 bridgehead atoms. The number of likely N-dealkylation sites (tertiary alicyclic amines) is 1. The third kappa shape index (κ3) is 5.08. The van der Waals surface area contributed by atoms with Gasteiger partial charge in [0, 0.05) is 25.4 Å². The lowest BCUT2D eigenvalue weighted by molar-refractivity contribution is -0.146. The Morgan fingerprint density at radius 1 is 1.28 bits per heavy atom. The first-order chi connectivity index (χ1) is 13.6. The fourth-order valence-corrected chi connectivity index (χ4v) is 3.96. The van der Waals surface area contributed by atoms with Crippen LogP contribution in [0, 0.1) is 5.92 Å². The summed E-state index contributed by atoms with van der Waals surface area (Å²) >= 11 is 0. The molecule has 160 valence electrons. The molecule has 0 N–H and O–H groups in total. The molecule has 3 rings (SSSR count). The van der Waals surface area contributed by atoms with Crippen molar-refractivity contribution >= 4 is 21.7 Å². The number of halogens is 3. The molecule has 7 nitrogen and oxygen atoms in total. The Bertz CT molecular complexity index is 880. The Balaban J connectivity index is 1.43. The van der Waals surface area contributed by atoms with E-state index in [1.165, 1.54) is 12.1 Å². The number of sulfone groups is 1. The third-order valence-corrected chi connectivity index (χ3v) is 6.39. The molecule has 0 spiro atoms. The van der Waals surface area contributed by atoms with Crippen LogP contribution in [0.5, 0.6) is 0 Å². The number of esters is 1.